The van der Waals surface area contributed by atoms with Crippen molar-refractivity contribution in [1.82, 2.24) is 9.62 Å². The van der Waals surface area contributed by atoms with Gasteiger partial charge in [-0.2, -0.15) is 0 Å². The minimum Gasteiger partial charge on any atom is -0.579 e. The molecule has 0 aromatic rings. The third kappa shape index (κ3) is 4.36. The largest absolute Gasteiger partial charge is 0.579 e. The molecule has 0 aromatic carbocycles. The maximum Gasteiger partial charge on any atom is 0.160 e. The second kappa shape index (κ2) is 8.16. The van der Waals surface area contributed by atoms with Crippen LogP contribution in [0.4, 0.5) is 0 Å². The molecule has 2 heterocycles. The molecule has 2 aliphatic rings. The number of nitrogens with zero attached hydrogens (tertiary/aromatic N) is 3. The van der Waals surface area contributed by atoms with E-state index in [1.807, 2.05) is 19.2 Å². The fourth-order valence-electron chi connectivity index (χ4n) is 2.54. The zero-order valence-corrected chi connectivity index (χ0v) is 14.8. The first-order valence-electron chi connectivity index (χ1n) is 7.29. The molecule has 2 rings (SSSR count). The summed E-state index contributed by atoms with van der Waals surface area (Å²) in [7, 11) is 0. The number of thioether (sulfide) groups is 1. The van der Waals surface area contributed by atoms with Crippen LogP contribution >= 0.6 is 11.8 Å². The molecule has 0 amide bonds. The van der Waals surface area contributed by atoms with Crippen molar-refractivity contribution in [2.24, 2.45) is 15.1 Å². The Morgan fingerprint density at radius 1 is 1.64 bits per heavy atom. The molecule has 6 nitrogen and oxygen atoms in total. The van der Waals surface area contributed by atoms with Crippen LogP contribution in [0.3, 0.4) is 0 Å². The molecule has 0 aliphatic carbocycles. The number of nitrogens with two attached hydrogens (primary N) is 1. The lowest BCUT2D eigenvalue weighted by Crippen LogP contribution is -2.42. The Morgan fingerprint density at radius 2 is 2.41 bits per heavy atom. The first kappa shape index (κ1) is 17.6. The highest BCUT2D eigenvalue weighted by molar-refractivity contribution is 8.15. The number of amidine groups is 1. The summed E-state index contributed by atoms with van der Waals surface area (Å²) in [5, 5.41) is 6.32. The summed E-state index contributed by atoms with van der Waals surface area (Å²) in [6.07, 6.45) is 4.66. The van der Waals surface area contributed by atoms with Gasteiger partial charge in [-0.3, -0.25) is 4.99 Å². The van der Waals surface area contributed by atoms with Gasteiger partial charge in [-0.1, -0.05) is 23.4 Å². The van der Waals surface area contributed by atoms with Gasteiger partial charge in [-0.25, -0.2) is 4.99 Å². The fourth-order valence-corrected chi connectivity index (χ4v) is 3.80. The predicted octanol–water partition coefficient (Wildman–Crippen LogP) is 1.56. The monoisotopic (exact) mass is 341 g/mol. The summed E-state index contributed by atoms with van der Waals surface area (Å²) < 4.78 is 14.2. The summed E-state index contributed by atoms with van der Waals surface area (Å²) in [6.45, 7) is 7.59. The van der Waals surface area contributed by atoms with Gasteiger partial charge in [-0.15, -0.1) is 9.86 Å². The van der Waals surface area contributed by atoms with E-state index in [1.165, 1.54) is 11.3 Å². The number of allylic oxidation sites excluding steroid dienone is 1. The van der Waals surface area contributed by atoms with E-state index in [-0.39, 0.29) is 6.04 Å². The van der Waals surface area contributed by atoms with Crippen LogP contribution in [0.25, 0.3) is 0 Å². The minimum atomic E-state index is -1.51. The molecule has 2 aliphatic heterocycles. The molecule has 2 atom stereocenters. The van der Waals surface area contributed by atoms with Crippen LogP contribution in [0.1, 0.15) is 27.2 Å². The number of hydrogen-bond acceptors (Lipinski definition) is 6. The van der Waals surface area contributed by atoms with Crippen molar-refractivity contribution in [3.05, 3.63) is 23.5 Å². The van der Waals surface area contributed by atoms with Crippen molar-refractivity contribution < 1.29 is 4.55 Å². The Morgan fingerprint density at radius 3 is 2.95 bits per heavy atom. The van der Waals surface area contributed by atoms with Crippen LogP contribution in [0.2, 0.25) is 0 Å². The van der Waals surface area contributed by atoms with Gasteiger partial charge in [0.25, 0.3) is 0 Å². The molecule has 0 bridgehead atoms. The summed E-state index contributed by atoms with van der Waals surface area (Å²) in [5.41, 5.74) is 2.43. The smallest absolute Gasteiger partial charge is 0.160 e. The molecule has 1 fully saturated rings. The molecular formula is C14H23N5OS2. The predicted molar refractivity (Wildman–Crippen MR) is 96.0 cm³/mol. The molecule has 122 valence electrons. The topological polar surface area (TPSA) is 89.1 Å². The lowest BCUT2D eigenvalue weighted by atomic mass is 10.2. The molecular weight excluding hydrogens is 318 g/mol. The zero-order chi connectivity index (χ0) is 16.1. The summed E-state index contributed by atoms with van der Waals surface area (Å²) in [4.78, 5) is 11.3. The molecule has 1 saturated heterocycles. The minimum absolute atomic E-state index is 0.0579. The fraction of sp³-hybridized carbons (Fsp3) is 0.571. The molecule has 0 spiro atoms. The number of likely N-dealkylation sites (tertiary alicyclic amines) is 1. The van der Waals surface area contributed by atoms with Gasteiger partial charge in [-0.05, 0) is 20.8 Å². The maximum atomic E-state index is 11.3. The van der Waals surface area contributed by atoms with E-state index in [1.54, 1.807) is 11.8 Å². The van der Waals surface area contributed by atoms with Gasteiger partial charge in [0, 0.05) is 37.2 Å². The van der Waals surface area contributed by atoms with Crippen molar-refractivity contribution in [1.29, 1.82) is 0 Å². The highest BCUT2D eigenvalue weighted by atomic mass is 32.2. The van der Waals surface area contributed by atoms with Gasteiger partial charge in [0.1, 0.15) is 16.6 Å². The van der Waals surface area contributed by atoms with Crippen molar-refractivity contribution in [2.75, 3.05) is 18.8 Å². The molecule has 2 unspecified atom stereocenters. The SMILES string of the molecule is CC/N=C(/C1=NC=CCS1)N1CC(N[S+](N)[O-])CC1=C(C)C. The van der Waals surface area contributed by atoms with Gasteiger partial charge in [0.05, 0.1) is 6.04 Å². The van der Waals surface area contributed by atoms with E-state index in [2.05, 4.69) is 33.5 Å². The Bertz CT molecular complexity index is 523. The van der Waals surface area contributed by atoms with Gasteiger partial charge in [0.15, 0.2) is 5.84 Å². The average molecular weight is 342 g/mol. The molecule has 0 radical (unpaired) electrons. The van der Waals surface area contributed by atoms with E-state index in [9.17, 15) is 4.55 Å². The molecule has 0 aromatic heterocycles. The van der Waals surface area contributed by atoms with Gasteiger partial charge in [0.2, 0.25) is 0 Å². The first-order valence-corrected chi connectivity index (χ1v) is 9.49. The average Bonchev–Trinajstić information content (AvgIpc) is 2.88. The lowest BCUT2D eigenvalue weighted by molar-refractivity contribution is 0.526. The summed E-state index contributed by atoms with van der Waals surface area (Å²) in [5.74, 6) is 1.81. The van der Waals surface area contributed by atoms with Crippen LogP contribution in [0.5, 0.6) is 0 Å². The van der Waals surface area contributed by atoms with E-state index < -0.39 is 11.5 Å². The number of hydrogen-bond donors (Lipinski definition) is 2. The molecule has 22 heavy (non-hydrogen) atoms. The standard InChI is InChI=1S/C14H23N5OS2/c1-4-16-13(14-17-6-5-7-21-14)19-9-11(18-22(15)20)8-12(19)10(2)3/h5-6,11,18H,4,7-9,15H2,1-3H3/b16-13-. The number of aliphatic imine (C=N–C) groups is 2. The van der Waals surface area contributed by atoms with Gasteiger partial charge >= 0.3 is 0 Å². The molecule has 0 saturated carbocycles. The van der Waals surface area contributed by atoms with E-state index >= 15 is 0 Å². The third-order valence-electron chi connectivity index (χ3n) is 3.40. The van der Waals surface area contributed by atoms with Crippen molar-refractivity contribution in [3.63, 3.8) is 0 Å². The normalized spacial score (nSPS) is 23.8. The Hall–Kier alpha value is -0.800. The molecule has 8 heteroatoms. The van der Waals surface area contributed by atoms with Crippen molar-refractivity contribution >= 4 is 34.2 Å². The lowest BCUT2D eigenvalue weighted by Gasteiger charge is -2.24. The van der Waals surface area contributed by atoms with E-state index in [0.717, 1.165) is 23.1 Å². The van der Waals surface area contributed by atoms with Crippen LogP contribution in [-0.4, -0.2) is 45.2 Å². The Balaban J connectivity index is 2.29. The van der Waals surface area contributed by atoms with Crippen molar-refractivity contribution in [3.8, 4) is 0 Å². The molecule has 3 N–H and O–H groups in total. The van der Waals surface area contributed by atoms with Crippen LogP contribution in [0.15, 0.2) is 33.5 Å². The van der Waals surface area contributed by atoms with Crippen LogP contribution < -0.4 is 9.86 Å². The van der Waals surface area contributed by atoms with Crippen LogP contribution in [0, 0.1) is 0 Å². The summed E-state index contributed by atoms with van der Waals surface area (Å²) in [6, 6.07) is 0.0579. The highest BCUT2D eigenvalue weighted by Crippen LogP contribution is 2.28. The van der Waals surface area contributed by atoms with Crippen molar-refractivity contribution in [2.45, 2.75) is 33.2 Å². The Kier molecular flexibility index (Phi) is 6.51. The highest BCUT2D eigenvalue weighted by Gasteiger charge is 2.34. The van der Waals surface area contributed by atoms with E-state index in [0.29, 0.717) is 13.1 Å². The quantitative estimate of drug-likeness (QED) is 0.460. The zero-order valence-electron chi connectivity index (χ0n) is 13.2. The number of rotatable bonds is 4. The summed E-state index contributed by atoms with van der Waals surface area (Å²) >= 11 is 0.184. The Labute approximate surface area is 139 Å². The first-order chi connectivity index (χ1) is 10.5. The second-order valence-electron chi connectivity index (χ2n) is 5.30. The maximum absolute atomic E-state index is 11.3. The third-order valence-corrected chi connectivity index (χ3v) is 4.88. The van der Waals surface area contributed by atoms with E-state index in [4.69, 9.17) is 5.14 Å². The second-order valence-corrected chi connectivity index (χ2v) is 7.14. The van der Waals surface area contributed by atoms with Gasteiger partial charge < -0.3 is 9.45 Å². The number of nitrogens with one attached hydrogen (secondary N) is 1. The van der Waals surface area contributed by atoms with Crippen LogP contribution in [-0.2, 0) is 11.5 Å².